The fourth-order valence-electron chi connectivity index (χ4n) is 1.68. The van der Waals surface area contributed by atoms with Crippen LogP contribution in [-0.4, -0.2) is 22.8 Å². The first kappa shape index (κ1) is 12.8. The Balaban J connectivity index is 2.51. The fraction of sp³-hybridized carbons (Fsp3) is 0.250. The van der Waals surface area contributed by atoms with E-state index in [1.165, 1.54) is 0 Å². The lowest BCUT2D eigenvalue weighted by atomic mass is 10.1. The number of benzene rings is 1. The number of nitrogens with one attached hydrogen (secondary N) is 1. The molecule has 0 saturated carbocycles. The van der Waals surface area contributed by atoms with E-state index in [0.29, 0.717) is 23.1 Å². The predicted octanol–water partition coefficient (Wildman–Crippen LogP) is 1.79. The van der Waals surface area contributed by atoms with Gasteiger partial charge >= 0.3 is 5.97 Å². The topological polar surface area (TPSA) is 72.0 Å². The van der Waals surface area contributed by atoms with Crippen LogP contribution in [0.1, 0.15) is 12.6 Å². The average molecular weight is 311 g/mol. The van der Waals surface area contributed by atoms with Crippen molar-refractivity contribution in [2.24, 2.45) is 0 Å². The Hall–Kier alpha value is -1.69. The predicted molar refractivity (Wildman–Crippen MR) is 70.4 cm³/mol. The number of hydrogen-bond acceptors (Lipinski definition) is 4. The second-order valence-corrected chi connectivity index (χ2v) is 4.59. The highest BCUT2D eigenvalue weighted by Gasteiger charge is 2.11. The maximum absolute atomic E-state index is 11.6. The Morgan fingerprint density at radius 2 is 2.22 bits per heavy atom. The molecule has 0 radical (unpaired) electrons. The molecular weight excluding hydrogens is 300 g/mol. The first-order valence-corrected chi connectivity index (χ1v) is 6.23. The van der Waals surface area contributed by atoms with Gasteiger partial charge in [-0.1, -0.05) is 15.9 Å². The third-order valence-electron chi connectivity index (χ3n) is 2.45. The average Bonchev–Trinajstić information content (AvgIpc) is 2.33. The van der Waals surface area contributed by atoms with Crippen LogP contribution in [0.3, 0.4) is 0 Å². The largest absolute Gasteiger partial charge is 0.466 e. The SMILES string of the molecule is CCOC(=O)Cc1n[nH]c(=O)c2ccc(Br)cc12. The van der Waals surface area contributed by atoms with Gasteiger partial charge in [0.25, 0.3) is 5.56 Å². The molecule has 2 rings (SSSR count). The molecule has 1 N–H and O–H groups in total. The standard InChI is InChI=1S/C12H11BrN2O3/c1-2-18-11(16)6-10-9-5-7(13)3-4-8(9)12(17)15-14-10/h3-5H,2,6H2,1H3,(H,15,17). The maximum Gasteiger partial charge on any atom is 0.311 e. The van der Waals surface area contributed by atoms with Gasteiger partial charge in [0.05, 0.1) is 24.1 Å². The molecule has 0 fully saturated rings. The minimum Gasteiger partial charge on any atom is -0.466 e. The van der Waals surface area contributed by atoms with E-state index in [9.17, 15) is 9.59 Å². The van der Waals surface area contributed by atoms with Gasteiger partial charge < -0.3 is 4.74 Å². The smallest absolute Gasteiger partial charge is 0.311 e. The molecule has 0 aliphatic carbocycles. The Kier molecular flexibility index (Phi) is 3.76. The summed E-state index contributed by atoms with van der Waals surface area (Å²) in [4.78, 5) is 23.1. The number of carbonyl (C=O) groups is 1. The normalized spacial score (nSPS) is 10.6. The molecule has 0 bridgehead atoms. The Labute approximate surface area is 111 Å². The van der Waals surface area contributed by atoms with Gasteiger partial charge in [-0.25, -0.2) is 5.10 Å². The van der Waals surface area contributed by atoms with E-state index >= 15 is 0 Å². The molecule has 2 aromatic rings. The van der Waals surface area contributed by atoms with Crippen molar-refractivity contribution in [3.05, 3.63) is 38.7 Å². The van der Waals surface area contributed by atoms with E-state index in [4.69, 9.17) is 4.74 Å². The highest BCUT2D eigenvalue weighted by atomic mass is 79.9. The number of fused-ring (bicyclic) bond motifs is 1. The second kappa shape index (κ2) is 5.30. The molecule has 18 heavy (non-hydrogen) atoms. The van der Waals surface area contributed by atoms with Gasteiger partial charge in [-0.15, -0.1) is 0 Å². The fourth-order valence-corrected chi connectivity index (χ4v) is 2.04. The number of hydrogen-bond donors (Lipinski definition) is 1. The Morgan fingerprint density at radius 1 is 1.44 bits per heavy atom. The lowest BCUT2D eigenvalue weighted by Gasteiger charge is -2.05. The quantitative estimate of drug-likeness (QED) is 0.877. The number of aromatic nitrogens is 2. The van der Waals surface area contributed by atoms with Crippen LogP contribution in [-0.2, 0) is 16.0 Å². The van der Waals surface area contributed by atoms with Gasteiger partial charge in [0.15, 0.2) is 0 Å². The van der Waals surface area contributed by atoms with Crippen LogP contribution in [0.15, 0.2) is 27.5 Å². The number of nitrogens with zero attached hydrogens (tertiary/aromatic N) is 1. The zero-order valence-corrected chi connectivity index (χ0v) is 11.3. The molecule has 0 aliphatic heterocycles. The van der Waals surface area contributed by atoms with Crippen LogP contribution < -0.4 is 5.56 Å². The van der Waals surface area contributed by atoms with E-state index in [0.717, 1.165) is 4.47 Å². The highest BCUT2D eigenvalue weighted by Crippen LogP contribution is 2.19. The number of ether oxygens (including phenoxy) is 1. The molecule has 0 unspecified atom stereocenters. The van der Waals surface area contributed by atoms with Gasteiger partial charge in [0.1, 0.15) is 0 Å². The third kappa shape index (κ3) is 2.59. The van der Waals surface area contributed by atoms with Crippen LogP contribution in [0.2, 0.25) is 0 Å². The summed E-state index contributed by atoms with van der Waals surface area (Å²) < 4.78 is 5.70. The van der Waals surface area contributed by atoms with Crippen molar-refractivity contribution in [2.45, 2.75) is 13.3 Å². The van der Waals surface area contributed by atoms with Crippen molar-refractivity contribution >= 4 is 32.7 Å². The summed E-state index contributed by atoms with van der Waals surface area (Å²) in [7, 11) is 0. The van der Waals surface area contributed by atoms with Gasteiger partial charge in [0, 0.05) is 9.86 Å². The molecule has 0 spiro atoms. The third-order valence-corrected chi connectivity index (χ3v) is 2.94. The summed E-state index contributed by atoms with van der Waals surface area (Å²) >= 11 is 3.33. The number of H-pyrrole nitrogens is 1. The Morgan fingerprint density at radius 3 is 2.94 bits per heavy atom. The van der Waals surface area contributed by atoms with E-state index in [2.05, 4.69) is 26.1 Å². The molecule has 94 valence electrons. The molecule has 6 heteroatoms. The van der Waals surface area contributed by atoms with E-state index in [1.807, 2.05) is 0 Å². The minimum absolute atomic E-state index is 0.0393. The molecule has 1 aromatic heterocycles. The van der Waals surface area contributed by atoms with Crippen molar-refractivity contribution in [1.82, 2.24) is 10.2 Å². The summed E-state index contributed by atoms with van der Waals surface area (Å²) in [5.41, 5.74) is 0.231. The summed E-state index contributed by atoms with van der Waals surface area (Å²) in [5.74, 6) is -0.363. The number of esters is 1. The number of rotatable bonds is 3. The molecule has 0 amide bonds. The van der Waals surface area contributed by atoms with Crippen LogP contribution in [0.25, 0.3) is 10.8 Å². The zero-order chi connectivity index (χ0) is 13.1. The van der Waals surface area contributed by atoms with E-state index in [-0.39, 0.29) is 17.9 Å². The van der Waals surface area contributed by atoms with Crippen molar-refractivity contribution in [3.8, 4) is 0 Å². The molecule has 5 nitrogen and oxygen atoms in total. The van der Waals surface area contributed by atoms with Gasteiger partial charge in [-0.2, -0.15) is 5.10 Å². The summed E-state index contributed by atoms with van der Waals surface area (Å²) in [6.45, 7) is 2.07. The molecule has 0 atom stereocenters. The first-order valence-electron chi connectivity index (χ1n) is 5.44. The monoisotopic (exact) mass is 310 g/mol. The lowest BCUT2D eigenvalue weighted by Crippen LogP contribution is -2.15. The second-order valence-electron chi connectivity index (χ2n) is 3.67. The van der Waals surface area contributed by atoms with Gasteiger partial charge in [-0.05, 0) is 25.1 Å². The molecule has 0 saturated heterocycles. The number of halogens is 1. The van der Waals surface area contributed by atoms with Gasteiger partial charge in [0.2, 0.25) is 0 Å². The van der Waals surface area contributed by atoms with Crippen molar-refractivity contribution in [1.29, 1.82) is 0 Å². The molecule has 0 aliphatic rings. The lowest BCUT2D eigenvalue weighted by molar-refractivity contribution is -0.142. The van der Waals surface area contributed by atoms with Crippen molar-refractivity contribution in [2.75, 3.05) is 6.61 Å². The maximum atomic E-state index is 11.6. The summed E-state index contributed by atoms with van der Waals surface area (Å²) in [5, 5.41) is 7.45. The van der Waals surface area contributed by atoms with Gasteiger partial charge in [-0.3, -0.25) is 9.59 Å². The van der Waals surface area contributed by atoms with Crippen molar-refractivity contribution in [3.63, 3.8) is 0 Å². The van der Waals surface area contributed by atoms with Crippen LogP contribution in [0, 0.1) is 0 Å². The summed E-state index contributed by atoms with van der Waals surface area (Å²) in [6.07, 6.45) is 0.0393. The Bertz CT molecular complexity index is 651. The molecular formula is C12H11BrN2O3. The molecule has 1 aromatic carbocycles. The number of aromatic amines is 1. The zero-order valence-electron chi connectivity index (χ0n) is 9.70. The van der Waals surface area contributed by atoms with E-state index < -0.39 is 0 Å². The number of carbonyl (C=O) groups excluding carboxylic acids is 1. The summed E-state index contributed by atoms with van der Waals surface area (Å²) in [6, 6.07) is 5.23. The van der Waals surface area contributed by atoms with Crippen LogP contribution in [0.4, 0.5) is 0 Å². The van der Waals surface area contributed by atoms with E-state index in [1.54, 1.807) is 25.1 Å². The van der Waals surface area contributed by atoms with Crippen LogP contribution in [0.5, 0.6) is 0 Å². The first-order chi connectivity index (χ1) is 8.61. The minimum atomic E-state index is -0.363. The highest BCUT2D eigenvalue weighted by molar-refractivity contribution is 9.10. The van der Waals surface area contributed by atoms with Crippen molar-refractivity contribution < 1.29 is 9.53 Å². The molecule has 1 heterocycles. The van der Waals surface area contributed by atoms with Crippen LogP contribution >= 0.6 is 15.9 Å².